The van der Waals surface area contributed by atoms with Gasteiger partial charge in [0, 0.05) is 28.8 Å². The lowest BCUT2D eigenvalue weighted by Gasteiger charge is -2.16. The van der Waals surface area contributed by atoms with Crippen LogP contribution < -0.4 is 19.5 Å². The molecule has 7 nitrogen and oxygen atoms in total. The van der Waals surface area contributed by atoms with Crippen molar-refractivity contribution in [2.45, 2.75) is 5.16 Å². The summed E-state index contributed by atoms with van der Waals surface area (Å²) in [6.45, 7) is 0. The van der Waals surface area contributed by atoms with E-state index in [4.69, 9.17) is 14.2 Å². The number of rotatable bonds is 9. The quantitative estimate of drug-likeness (QED) is 0.191. The van der Waals surface area contributed by atoms with Gasteiger partial charge in [0.25, 0.3) is 0 Å². The number of nitrogens with one attached hydrogen (secondary N) is 1. The molecule has 0 radical (unpaired) electrons. The van der Waals surface area contributed by atoms with Gasteiger partial charge < -0.3 is 19.5 Å². The zero-order chi connectivity index (χ0) is 24.1. The maximum atomic E-state index is 13.1. The SMILES string of the molecule is COc1cc(Nc2nc(SCC(=O)c3ccc(F)cc3)nc3ccccc23)cc(OC)c1OC. The van der Waals surface area contributed by atoms with Crippen LogP contribution in [0.15, 0.2) is 65.8 Å². The second-order valence-electron chi connectivity index (χ2n) is 7.13. The highest BCUT2D eigenvalue weighted by atomic mass is 32.2. The fraction of sp³-hybridized carbons (Fsp3) is 0.160. The molecule has 1 heterocycles. The Hall–Kier alpha value is -3.85. The first-order valence-electron chi connectivity index (χ1n) is 10.3. The fourth-order valence-corrected chi connectivity index (χ4v) is 4.10. The van der Waals surface area contributed by atoms with Gasteiger partial charge in [-0.15, -0.1) is 0 Å². The molecule has 34 heavy (non-hydrogen) atoms. The molecule has 0 amide bonds. The zero-order valence-corrected chi connectivity index (χ0v) is 19.6. The molecule has 1 N–H and O–H groups in total. The van der Waals surface area contributed by atoms with Crippen LogP contribution in [0.1, 0.15) is 10.4 Å². The van der Waals surface area contributed by atoms with Gasteiger partial charge in [0.2, 0.25) is 5.75 Å². The number of methoxy groups -OCH3 is 3. The Morgan fingerprint density at radius 3 is 2.26 bits per heavy atom. The first kappa shape index (κ1) is 23.3. The number of Topliss-reactive ketones (excluding diaryl/α,β-unsaturated/α-hetero) is 1. The lowest BCUT2D eigenvalue weighted by atomic mass is 10.1. The molecular formula is C25H22FN3O4S. The van der Waals surface area contributed by atoms with E-state index in [9.17, 15) is 9.18 Å². The molecule has 0 bridgehead atoms. The van der Waals surface area contributed by atoms with Crippen LogP contribution in [0.3, 0.4) is 0 Å². The third-order valence-corrected chi connectivity index (χ3v) is 5.86. The largest absolute Gasteiger partial charge is 0.493 e. The highest BCUT2D eigenvalue weighted by molar-refractivity contribution is 7.99. The number of aromatic nitrogens is 2. The van der Waals surface area contributed by atoms with Gasteiger partial charge in [-0.05, 0) is 36.4 Å². The minimum absolute atomic E-state index is 0.119. The predicted octanol–water partition coefficient (Wildman–Crippen LogP) is 5.51. The van der Waals surface area contributed by atoms with Gasteiger partial charge >= 0.3 is 0 Å². The Labute approximate surface area is 200 Å². The Kier molecular flexibility index (Phi) is 7.12. The molecule has 0 spiro atoms. The number of carbonyl (C=O) groups excluding carboxylic acids is 1. The molecule has 0 aliphatic carbocycles. The smallest absolute Gasteiger partial charge is 0.203 e. The molecule has 4 rings (SSSR count). The van der Waals surface area contributed by atoms with Crippen LogP contribution in [-0.4, -0.2) is 42.8 Å². The number of nitrogens with zero attached hydrogens (tertiary/aromatic N) is 2. The molecule has 1 aromatic heterocycles. The molecule has 0 aliphatic rings. The maximum absolute atomic E-state index is 13.1. The Morgan fingerprint density at radius 2 is 1.62 bits per heavy atom. The number of anilines is 2. The maximum Gasteiger partial charge on any atom is 0.203 e. The highest BCUT2D eigenvalue weighted by Crippen LogP contribution is 2.41. The number of hydrogen-bond donors (Lipinski definition) is 1. The molecular weight excluding hydrogens is 457 g/mol. The number of para-hydroxylation sites is 1. The van der Waals surface area contributed by atoms with E-state index in [-0.39, 0.29) is 17.4 Å². The molecule has 174 valence electrons. The topological polar surface area (TPSA) is 82.6 Å². The van der Waals surface area contributed by atoms with Gasteiger partial charge in [-0.25, -0.2) is 14.4 Å². The van der Waals surface area contributed by atoms with E-state index in [1.807, 2.05) is 24.3 Å². The van der Waals surface area contributed by atoms with Crippen molar-refractivity contribution in [2.24, 2.45) is 0 Å². The summed E-state index contributed by atoms with van der Waals surface area (Å²) >= 11 is 1.21. The van der Waals surface area contributed by atoms with Crippen LogP contribution in [0, 0.1) is 5.82 Å². The van der Waals surface area contributed by atoms with Crippen molar-refractivity contribution >= 4 is 40.0 Å². The molecule has 0 saturated heterocycles. The van der Waals surface area contributed by atoms with E-state index >= 15 is 0 Å². The Balaban J connectivity index is 1.64. The first-order valence-corrected chi connectivity index (χ1v) is 11.3. The van der Waals surface area contributed by atoms with Gasteiger partial charge in [0.1, 0.15) is 11.6 Å². The summed E-state index contributed by atoms with van der Waals surface area (Å²) in [6, 6.07) is 16.6. The van der Waals surface area contributed by atoms with Crippen LogP contribution in [0.25, 0.3) is 10.9 Å². The molecule has 3 aromatic carbocycles. The number of thioether (sulfide) groups is 1. The summed E-state index contributed by atoms with van der Waals surface area (Å²) in [5.41, 5.74) is 1.84. The van der Waals surface area contributed by atoms with Crippen molar-refractivity contribution in [2.75, 3.05) is 32.4 Å². The summed E-state index contributed by atoms with van der Waals surface area (Å²) in [5.74, 6) is 1.65. The van der Waals surface area contributed by atoms with Crippen molar-refractivity contribution in [3.05, 3.63) is 72.0 Å². The third-order valence-electron chi connectivity index (χ3n) is 5.01. The standard InChI is InChI=1S/C25H22FN3O4S/c1-31-21-12-17(13-22(32-2)23(21)33-3)27-24-18-6-4-5-7-19(18)28-25(29-24)34-14-20(30)15-8-10-16(26)11-9-15/h4-13H,14H2,1-3H3,(H,27,28,29). The number of ether oxygens (including phenoxy) is 3. The second-order valence-corrected chi connectivity index (χ2v) is 8.07. The van der Waals surface area contributed by atoms with E-state index in [0.717, 1.165) is 10.9 Å². The fourth-order valence-electron chi connectivity index (χ4n) is 3.35. The van der Waals surface area contributed by atoms with E-state index in [1.165, 1.54) is 36.0 Å². The van der Waals surface area contributed by atoms with E-state index < -0.39 is 0 Å². The minimum Gasteiger partial charge on any atom is -0.493 e. The van der Waals surface area contributed by atoms with Crippen molar-refractivity contribution in [1.82, 2.24) is 9.97 Å². The number of halogens is 1. The summed E-state index contributed by atoms with van der Waals surface area (Å²) in [5, 5.41) is 4.55. The third kappa shape index (κ3) is 5.04. The normalized spacial score (nSPS) is 10.7. The van der Waals surface area contributed by atoms with Gasteiger partial charge in [0.05, 0.1) is 32.6 Å². The van der Waals surface area contributed by atoms with Gasteiger partial charge in [-0.2, -0.15) is 0 Å². The predicted molar refractivity (Wildman–Crippen MR) is 130 cm³/mol. The molecule has 0 atom stereocenters. The van der Waals surface area contributed by atoms with Crippen molar-refractivity contribution < 1.29 is 23.4 Å². The first-order chi connectivity index (χ1) is 16.5. The average Bonchev–Trinajstić information content (AvgIpc) is 2.87. The van der Waals surface area contributed by atoms with Gasteiger partial charge in [-0.3, -0.25) is 4.79 Å². The molecule has 4 aromatic rings. The average molecular weight is 480 g/mol. The van der Waals surface area contributed by atoms with Crippen LogP contribution in [0.5, 0.6) is 17.2 Å². The van der Waals surface area contributed by atoms with Gasteiger partial charge in [-0.1, -0.05) is 23.9 Å². The van der Waals surface area contributed by atoms with E-state index in [1.54, 1.807) is 33.5 Å². The lowest BCUT2D eigenvalue weighted by Crippen LogP contribution is -2.04. The summed E-state index contributed by atoms with van der Waals surface area (Å²) in [6.07, 6.45) is 0. The highest BCUT2D eigenvalue weighted by Gasteiger charge is 2.16. The Morgan fingerprint density at radius 1 is 0.941 bits per heavy atom. The summed E-state index contributed by atoms with van der Waals surface area (Å²) in [4.78, 5) is 21.7. The zero-order valence-electron chi connectivity index (χ0n) is 18.8. The van der Waals surface area contributed by atoms with Gasteiger partial charge in [0.15, 0.2) is 22.4 Å². The monoisotopic (exact) mass is 479 g/mol. The van der Waals surface area contributed by atoms with Crippen molar-refractivity contribution in [1.29, 1.82) is 0 Å². The number of hydrogen-bond acceptors (Lipinski definition) is 8. The number of benzene rings is 3. The summed E-state index contributed by atoms with van der Waals surface area (Å²) < 4.78 is 29.4. The van der Waals surface area contributed by atoms with Crippen molar-refractivity contribution in [3.8, 4) is 17.2 Å². The number of fused-ring (bicyclic) bond motifs is 1. The molecule has 0 fully saturated rings. The lowest BCUT2D eigenvalue weighted by molar-refractivity contribution is 0.102. The molecule has 0 aliphatic heterocycles. The summed E-state index contributed by atoms with van der Waals surface area (Å²) in [7, 11) is 4.64. The van der Waals surface area contributed by atoms with Crippen LogP contribution in [0.4, 0.5) is 15.9 Å². The molecule has 0 saturated carbocycles. The second kappa shape index (κ2) is 10.4. The van der Waals surface area contributed by atoms with Crippen molar-refractivity contribution in [3.63, 3.8) is 0 Å². The number of carbonyl (C=O) groups is 1. The minimum atomic E-state index is -0.385. The number of ketones is 1. The molecule has 0 unspecified atom stereocenters. The molecule has 9 heteroatoms. The Bertz CT molecular complexity index is 1310. The van der Waals surface area contributed by atoms with E-state index in [0.29, 0.717) is 39.5 Å². The van der Waals surface area contributed by atoms with Crippen LogP contribution in [-0.2, 0) is 0 Å². The van der Waals surface area contributed by atoms with E-state index in [2.05, 4.69) is 15.3 Å². The van der Waals surface area contributed by atoms with Crippen LogP contribution >= 0.6 is 11.8 Å². The van der Waals surface area contributed by atoms with Crippen LogP contribution in [0.2, 0.25) is 0 Å².